The highest BCUT2D eigenvalue weighted by molar-refractivity contribution is 7.98. The summed E-state index contributed by atoms with van der Waals surface area (Å²) in [4.78, 5) is 12.8. The largest absolute Gasteiger partial charge is 0.435 e. The third-order valence-corrected chi connectivity index (χ3v) is 5.62. The smallest absolute Gasteiger partial charge is 0.387 e. The zero-order valence-electron chi connectivity index (χ0n) is 18.0. The third-order valence-electron chi connectivity index (χ3n) is 4.68. The Morgan fingerprint density at radius 3 is 2.56 bits per heavy atom. The molecule has 0 bridgehead atoms. The van der Waals surface area contributed by atoms with E-state index >= 15 is 0 Å². The van der Waals surface area contributed by atoms with Crippen LogP contribution in [0.5, 0.6) is 5.75 Å². The zero-order valence-corrected chi connectivity index (χ0v) is 18.8. The molecule has 4 rings (SSSR count). The lowest BCUT2D eigenvalue weighted by Crippen LogP contribution is -2.12. The molecule has 0 aliphatic heterocycles. The first-order valence-electron chi connectivity index (χ1n) is 10.2. The molecule has 176 valence electrons. The molecule has 0 unspecified atom stereocenters. The first-order chi connectivity index (χ1) is 16.4. The number of aryl methyl sites for hydroxylation is 1. The highest BCUT2D eigenvalue weighted by Gasteiger charge is 2.15. The summed E-state index contributed by atoms with van der Waals surface area (Å²) >= 11 is 1.26. The average molecular weight is 486 g/mol. The van der Waals surface area contributed by atoms with Crippen LogP contribution in [0.4, 0.5) is 26.4 Å². The molecular weight excluding hydrogens is 464 g/mol. The van der Waals surface area contributed by atoms with E-state index in [4.69, 9.17) is 11.6 Å². The van der Waals surface area contributed by atoms with Gasteiger partial charge < -0.3 is 21.6 Å². The van der Waals surface area contributed by atoms with Crippen LogP contribution in [0.25, 0.3) is 11.4 Å². The number of nitrogen functional groups attached to an aromatic ring is 2. The number of halogens is 2. The van der Waals surface area contributed by atoms with Crippen molar-refractivity contribution in [3.63, 3.8) is 0 Å². The van der Waals surface area contributed by atoms with Crippen LogP contribution in [-0.4, -0.2) is 36.4 Å². The van der Waals surface area contributed by atoms with Gasteiger partial charge in [-0.2, -0.15) is 23.7 Å². The second-order valence-electron chi connectivity index (χ2n) is 6.94. The van der Waals surface area contributed by atoms with Crippen LogP contribution in [0.15, 0.2) is 53.7 Å². The maximum absolute atomic E-state index is 12.3. The van der Waals surface area contributed by atoms with E-state index in [1.165, 1.54) is 28.6 Å². The fraction of sp³-hybridized carbons (Fsp3) is 0.190. The Morgan fingerprint density at radius 1 is 1.06 bits per heavy atom. The monoisotopic (exact) mass is 485 g/mol. The molecule has 0 amide bonds. The summed E-state index contributed by atoms with van der Waals surface area (Å²) in [6, 6.07) is 13.8. The van der Waals surface area contributed by atoms with Crippen LogP contribution < -0.4 is 21.6 Å². The Kier molecular flexibility index (Phi) is 7.01. The van der Waals surface area contributed by atoms with E-state index in [9.17, 15) is 8.78 Å². The number of nitrogens with zero attached hydrogens (tertiary/aromatic N) is 6. The number of nitrogens with one attached hydrogen (secondary N) is 1. The minimum absolute atomic E-state index is 0.0369. The SMILES string of the molecule is CCc1ccccc1Nc1nc(N)nc(CSc2nnc(-c3ccc(OC(F)F)cc3)n2N)n1. The predicted molar refractivity (Wildman–Crippen MR) is 125 cm³/mol. The number of rotatable bonds is 9. The van der Waals surface area contributed by atoms with Crippen molar-refractivity contribution in [1.29, 1.82) is 0 Å². The number of para-hydroxylation sites is 1. The molecule has 0 fully saturated rings. The van der Waals surface area contributed by atoms with Gasteiger partial charge in [0.1, 0.15) is 11.6 Å². The van der Waals surface area contributed by atoms with Gasteiger partial charge in [0.25, 0.3) is 0 Å². The number of ether oxygens (including phenoxy) is 1. The van der Waals surface area contributed by atoms with Gasteiger partial charge in [0.05, 0.1) is 5.75 Å². The zero-order chi connectivity index (χ0) is 24.1. The summed E-state index contributed by atoms with van der Waals surface area (Å²) in [5, 5.41) is 11.8. The molecule has 5 N–H and O–H groups in total. The van der Waals surface area contributed by atoms with E-state index in [1.807, 2.05) is 24.3 Å². The van der Waals surface area contributed by atoms with Crippen molar-refractivity contribution < 1.29 is 13.5 Å². The van der Waals surface area contributed by atoms with Crippen LogP contribution in [0.1, 0.15) is 18.3 Å². The van der Waals surface area contributed by atoms with Crippen molar-refractivity contribution in [2.45, 2.75) is 30.9 Å². The molecule has 0 radical (unpaired) electrons. The molecule has 0 atom stereocenters. The van der Waals surface area contributed by atoms with Gasteiger partial charge >= 0.3 is 6.61 Å². The minimum atomic E-state index is -2.89. The van der Waals surface area contributed by atoms with Crippen molar-refractivity contribution >= 4 is 29.3 Å². The maximum Gasteiger partial charge on any atom is 0.387 e. The number of alkyl halides is 2. The van der Waals surface area contributed by atoms with E-state index in [0.29, 0.717) is 34.1 Å². The number of hydrogen-bond acceptors (Lipinski definition) is 10. The number of aromatic nitrogens is 6. The number of hydrogen-bond donors (Lipinski definition) is 3. The van der Waals surface area contributed by atoms with Crippen molar-refractivity contribution in [2.24, 2.45) is 0 Å². The number of nitrogens with two attached hydrogens (primary N) is 2. The molecular formula is C21H21F2N9OS. The van der Waals surface area contributed by atoms with E-state index in [-0.39, 0.29) is 11.7 Å². The summed E-state index contributed by atoms with van der Waals surface area (Å²) in [7, 11) is 0. The Morgan fingerprint density at radius 2 is 1.82 bits per heavy atom. The molecule has 2 heterocycles. The van der Waals surface area contributed by atoms with Gasteiger partial charge in [-0.25, -0.2) is 4.68 Å². The Labute approximate surface area is 197 Å². The summed E-state index contributed by atoms with van der Waals surface area (Å²) in [6.07, 6.45) is 0.850. The van der Waals surface area contributed by atoms with Gasteiger partial charge in [0.15, 0.2) is 5.82 Å². The molecule has 2 aromatic heterocycles. The van der Waals surface area contributed by atoms with E-state index in [0.717, 1.165) is 17.7 Å². The second kappa shape index (κ2) is 10.3. The van der Waals surface area contributed by atoms with Gasteiger partial charge in [-0.15, -0.1) is 10.2 Å². The number of benzene rings is 2. The lowest BCUT2D eigenvalue weighted by molar-refractivity contribution is -0.0498. The molecule has 4 aromatic rings. The Balaban J connectivity index is 1.46. The summed E-state index contributed by atoms with van der Waals surface area (Å²) in [5.41, 5.74) is 8.48. The maximum atomic E-state index is 12.3. The Bertz CT molecular complexity index is 1270. The third kappa shape index (κ3) is 5.49. The van der Waals surface area contributed by atoms with Crippen LogP contribution in [0, 0.1) is 0 Å². The Hall–Kier alpha value is -4.00. The summed E-state index contributed by atoms with van der Waals surface area (Å²) in [5.74, 6) is 7.71. The number of anilines is 3. The van der Waals surface area contributed by atoms with Gasteiger partial charge in [-0.1, -0.05) is 36.9 Å². The van der Waals surface area contributed by atoms with Gasteiger partial charge in [0.2, 0.25) is 17.1 Å². The average Bonchev–Trinajstić information content (AvgIpc) is 3.18. The van der Waals surface area contributed by atoms with Crippen molar-refractivity contribution in [1.82, 2.24) is 29.8 Å². The van der Waals surface area contributed by atoms with Crippen LogP contribution in [0.2, 0.25) is 0 Å². The highest BCUT2D eigenvalue weighted by atomic mass is 32.2. The van der Waals surface area contributed by atoms with E-state index < -0.39 is 6.61 Å². The summed E-state index contributed by atoms with van der Waals surface area (Å²) in [6.45, 7) is -0.832. The molecule has 2 aromatic carbocycles. The number of thioether (sulfide) groups is 1. The normalized spacial score (nSPS) is 11.1. The molecule has 13 heteroatoms. The van der Waals surface area contributed by atoms with E-state index in [1.54, 1.807) is 12.1 Å². The van der Waals surface area contributed by atoms with Gasteiger partial charge in [-0.05, 0) is 42.3 Å². The predicted octanol–water partition coefficient (Wildman–Crippen LogP) is 3.63. The van der Waals surface area contributed by atoms with Crippen LogP contribution in [0.3, 0.4) is 0 Å². The quantitative estimate of drug-likeness (QED) is 0.237. The highest BCUT2D eigenvalue weighted by Crippen LogP contribution is 2.26. The standard InChI is InChI=1S/C21H21F2N9OS/c1-2-12-5-3-4-6-15(12)26-20-28-16(27-19(24)29-20)11-34-21-31-30-17(32(21)25)13-7-9-14(10-8-13)33-18(22)23/h3-10,18H,2,11,25H2,1H3,(H3,24,26,27,28,29). The lowest BCUT2D eigenvalue weighted by Gasteiger charge is -2.10. The first-order valence-corrected chi connectivity index (χ1v) is 11.2. The topological polar surface area (TPSA) is 143 Å². The van der Waals surface area contributed by atoms with Crippen LogP contribution >= 0.6 is 11.8 Å². The van der Waals surface area contributed by atoms with Gasteiger partial charge in [0, 0.05) is 11.3 Å². The molecule has 0 saturated heterocycles. The first kappa shape index (κ1) is 23.2. The molecule has 0 aliphatic rings. The second-order valence-corrected chi connectivity index (χ2v) is 7.88. The fourth-order valence-electron chi connectivity index (χ4n) is 3.12. The molecule has 10 nitrogen and oxygen atoms in total. The van der Waals surface area contributed by atoms with Crippen molar-refractivity contribution in [3.05, 3.63) is 59.9 Å². The summed E-state index contributed by atoms with van der Waals surface area (Å²) < 4.78 is 30.3. The van der Waals surface area contributed by atoms with E-state index in [2.05, 4.69) is 42.1 Å². The van der Waals surface area contributed by atoms with Crippen molar-refractivity contribution in [2.75, 3.05) is 16.9 Å². The van der Waals surface area contributed by atoms with Crippen LogP contribution in [-0.2, 0) is 12.2 Å². The molecule has 0 saturated carbocycles. The molecule has 34 heavy (non-hydrogen) atoms. The molecule has 0 spiro atoms. The van der Waals surface area contributed by atoms with Gasteiger partial charge in [-0.3, -0.25) is 0 Å². The van der Waals surface area contributed by atoms with Crippen molar-refractivity contribution in [3.8, 4) is 17.1 Å². The lowest BCUT2D eigenvalue weighted by atomic mass is 10.1. The fourth-order valence-corrected chi connectivity index (χ4v) is 3.83. The minimum Gasteiger partial charge on any atom is -0.435 e. The molecule has 0 aliphatic carbocycles.